The maximum absolute atomic E-state index is 13.5. The van der Waals surface area contributed by atoms with Crippen LogP contribution in [0.1, 0.15) is 5.56 Å². The van der Waals surface area contributed by atoms with E-state index in [1.165, 1.54) is 31.3 Å². The van der Waals surface area contributed by atoms with Gasteiger partial charge in [-0.25, -0.2) is 17.2 Å². The van der Waals surface area contributed by atoms with Crippen LogP contribution in [0.3, 0.4) is 0 Å². The molecule has 0 aliphatic rings. The number of hydrogen-bond acceptors (Lipinski definition) is 4. The van der Waals surface area contributed by atoms with E-state index >= 15 is 0 Å². The summed E-state index contributed by atoms with van der Waals surface area (Å²) in [4.78, 5) is 11.8. The number of nitrogens with one attached hydrogen (secondary N) is 1. The van der Waals surface area contributed by atoms with Gasteiger partial charge in [-0.2, -0.15) is 9.57 Å². The Morgan fingerprint density at radius 2 is 1.84 bits per heavy atom. The molecule has 0 saturated carbocycles. The summed E-state index contributed by atoms with van der Waals surface area (Å²) < 4.78 is 51.9. The molecule has 1 amide bonds. The zero-order valence-electron chi connectivity index (χ0n) is 13.0. The lowest BCUT2D eigenvalue weighted by atomic mass is 10.2. The standard InChI is InChI=1S/C16H13F2N3O3S/c1-21(25(23,24)13-5-2-11(9-19)3-6-13)10-16(22)20-15-7-4-12(17)8-14(15)18/h2-8H,10H2,1H3,(H,20,22). The van der Waals surface area contributed by atoms with Crippen molar-refractivity contribution in [3.8, 4) is 6.07 Å². The fraction of sp³-hybridized carbons (Fsp3) is 0.125. The molecule has 0 aromatic heterocycles. The summed E-state index contributed by atoms with van der Waals surface area (Å²) in [6.45, 7) is -0.570. The number of anilines is 1. The van der Waals surface area contributed by atoms with Gasteiger partial charge in [0.15, 0.2) is 0 Å². The van der Waals surface area contributed by atoms with Crippen molar-refractivity contribution in [2.75, 3.05) is 18.9 Å². The number of nitrogens with zero attached hydrogens (tertiary/aromatic N) is 2. The van der Waals surface area contributed by atoms with Crippen LogP contribution in [0.15, 0.2) is 47.4 Å². The maximum atomic E-state index is 13.5. The minimum Gasteiger partial charge on any atom is -0.322 e. The molecule has 0 aliphatic heterocycles. The van der Waals surface area contributed by atoms with Crippen molar-refractivity contribution >= 4 is 21.6 Å². The highest BCUT2D eigenvalue weighted by Crippen LogP contribution is 2.17. The highest BCUT2D eigenvalue weighted by atomic mass is 32.2. The van der Waals surface area contributed by atoms with E-state index in [1.807, 2.05) is 6.07 Å². The van der Waals surface area contributed by atoms with Gasteiger partial charge in [-0.3, -0.25) is 4.79 Å². The van der Waals surface area contributed by atoms with E-state index in [-0.39, 0.29) is 10.6 Å². The Bertz CT molecular complexity index is 938. The van der Waals surface area contributed by atoms with Crippen LogP contribution < -0.4 is 5.32 Å². The van der Waals surface area contributed by atoms with Crippen LogP contribution >= 0.6 is 0 Å². The predicted octanol–water partition coefficient (Wildman–Crippen LogP) is 2.10. The van der Waals surface area contributed by atoms with E-state index in [0.717, 1.165) is 16.4 Å². The molecule has 0 atom stereocenters. The van der Waals surface area contributed by atoms with Gasteiger partial charge in [0.25, 0.3) is 0 Å². The molecule has 2 aromatic carbocycles. The largest absolute Gasteiger partial charge is 0.322 e. The SMILES string of the molecule is CN(CC(=O)Nc1ccc(F)cc1F)S(=O)(=O)c1ccc(C#N)cc1. The average Bonchev–Trinajstić information content (AvgIpc) is 2.57. The van der Waals surface area contributed by atoms with E-state index in [4.69, 9.17) is 5.26 Å². The predicted molar refractivity (Wildman–Crippen MR) is 86.0 cm³/mol. The third-order valence-electron chi connectivity index (χ3n) is 3.26. The smallest absolute Gasteiger partial charge is 0.243 e. The van der Waals surface area contributed by atoms with Gasteiger partial charge < -0.3 is 5.32 Å². The van der Waals surface area contributed by atoms with Crippen molar-refractivity contribution in [3.05, 3.63) is 59.7 Å². The van der Waals surface area contributed by atoms with E-state index < -0.39 is 34.1 Å². The van der Waals surface area contributed by atoms with Crippen LogP contribution in [-0.4, -0.2) is 32.2 Å². The quantitative estimate of drug-likeness (QED) is 0.879. The zero-order valence-corrected chi connectivity index (χ0v) is 13.8. The van der Waals surface area contributed by atoms with Gasteiger partial charge in [0.2, 0.25) is 15.9 Å². The summed E-state index contributed by atoms with van der Waals surface area (Å²) in [5.41, 5.74) is 0.0432. The van der Waals surface area contributed by atoms with Crippen LogP contribution in [0.2, 0.25) is 0 Å². The molecule has 0 fully saturated rings. The molecule has 0 spiro atoms. The number of benzene rings is 2. The monoisotopic (exact) mass is 365 g/mol. The van der Waals surface area contributed by atoms with Gasteiger partial charge in [-0.15, -0.1) is 0 Å². The molecule has 0 radical (unpaired) electrons. The molecule has 0 heterocycles. The first kappa shape index (κ1) is 18.5. The molecule has 1 N–H and O–H groups in total. The lowest BCUT2D eigenvalue weighted by Crippen LogP contribution is -2.35. The molecule has 130 valence electrons. The number of carbonyl (C=O) groups is 1. The van der Waals surface area contributed by atoms with Gasteiger partial charge in [0, 0.05) is 13.1 Å². The molecule has 0 unspecified atom stereocenters. The molecule has 25 heavy (non-hydrogen) atoms. The molecule has 9 heteroatoms. The summed E-state index contributed by atoms with van der Waals surface area (Å²) in [6, 6.07) is 9.67. The summed E-state index contributed by atoms with van der Waals surface area (Å²) in [5, 5.41) is 10.9. The number of carbonyl (C=O) groups excluding carboxylic acids is 1. The zero-order chi connectivity index (χ0) is 18.6. The number of hydrogen-bond donors (Lipinski definition) is 1. The topological polar surface area (TPSA) is 90.3 Å². The van der Waals surface area contributed by atoms with Crippen LogP contribution in [-0.2, 0) is 14.8 Å². The Morgan fingerprint density at radius 3 is 2.40 bits per heavy atom. The van der Waals surface area contributed by atoms with Crippen molar-refractivity contribution in [2.45, 2.75) is 4.90 Å². The first-order valence-corrected chi connectivity index (χ1v) is 8.39. The van der Waals surface area contributed by atoms with Crippen LogP contribution in [0.5, 0.6) is 0 Å². The van der Waals surface area contributed by atoms with Gasteiger partial charge in [-0.1, -0.05) is 0 Å². The number of sulfonamides is 1. The summed E-state index contributed by atoms with van der Waals surface area (Å²) in [5.74, 6) is -2.55. The molecule has 0 aliphatic carbocycles. The average molecular weight is 365 g/mol. The second kappa shape index (κ2) is 7.38. The van der Waals surface area contributed by atoms with Crippen LogP contribution in [0.25, 0.3) is 0 Å². The van der Waals surface area contributed by atoms with Crippen LogP contribution in [0, 0.1) is 23.0 Å². The van der Waals surface area contributed by atoms with E-state index in [9.17, 15) is 22.0 Å². The lowest BCUT2D eigenvalue weighted by Gasteiger charge is -2.17. The lowest BCUT2D eigenvalue weighted by molar-refractivity contribution is -0.116. The number of amides is 1. The minimum atomic E-state index is -3.96. The van der Waals surface area contributed by atoms with E-state index in [1.54, 1.807) is 0 Å². The van der Waals surface area contributed by atoms with Crippen molar-refractivity contribution in [1.29, 1.82) is 5.26 Å². The Balaban J connectivity index is 2.10. The molecular weight excluding hydrogens is 352 g/mol. The Morgan fingerprint density at radius 1 is 1.20 bits per heavy atom. The van der Waals surface area contributed by atoms with Crippen molar-refractivity contribution in [3.63, 3.8) is 0 Å². The summed E-state index contributed by atoms with van der Waals surface area (Å²) in [6.07, 6.45) is 0. The highest BCUT2D eigenvalue weighted by Gasteiger charge is 2.23. The normalized spacial score (nSPS) is 11.2. The number of halogens is 2. The Kier molecular flexibility index (Phi) is 5.46. The second-order valence-electron chi connectivity index (χ2n) is 5.07. The fourth-order valence-corrected chi connectivity index (χ4v) is 3.08. The first-order valence-electron chi connectivity index (χ1n) is 6.95. The van der Waals surface area contributed by atoms with Crippen molar-refractivity contribution in [2.24, 2.45) is 0 Å². The molecule has 0 bridgehead atoms. The summed E-state index contributed by atoms with van der Waals surface area (Å²) >= 11 is 0. The molecule has 2 rings (SSSR count). The number of likely N-dealkylation sites (N-methyl/N-ethyl adjacent to an activating group) is 1. The third kappa shape index (κ3) is 4.37. The summed E-state index contributed by atoms with van der Waals surface area (Å²) in [7, 11) is -2.77. The second-order valence-corrected chi connectivity index (χ2v) is 7.11. The minimum absolute atomic E-state index is 0.0882. The number of rotatable bonds is 5. The Hall–Kier alpha value is -2.83. The van der Waals surface area contributed by atoms with Gasteiger partial charge in [-0.05, 0) is 36.4 Å². The third-order valence-corrected chi connectivity index (χ3v) is 5.08. The fourth-order valence-electron chi connectivity index (χ4n) is 1.95. The molecule has 6 nitrogen and oxygen atoms in total. The van der Waals surface area contributed by atoms with Crippen LogP contribution in [0.4, 0.5) is 14.5 Å². The first-order chi connectivity index (χ1) is 11.7. The molecule has 2 aromatic rings. The van der Waals surface area contributed by atoms with Gasteiger partial charge in [0.1, 0.15) is 11.6 Å². The van der Waals surface area contributed by atoms with E-state index in [0.29, 0.717) is 11.6 Å². The Labute approximate surface area is 143 Å². The van der Waals surface area contributed by atoms with Crippen molar-refractivity contribution in [1.82, 2.24) is 4.31 Å². The van der Waals surface area contributed by atoms with Gasteiger partial charge in [0.05, 0.1) is 28.8 Å². The van der Waals surface area contributed by atoms with E-state index in [2.05, 4.69) is 5.32 Å². The maximum Gasteiger partial charge on any atom is 0.243 e. The molecule has 0 saturated heterocycles. The van der Waals surface area contributed by atoms with Crippen molar-refractivity contribution < 1.29 is 22.0 Å². The van der Waals surface area contributed by atoms with Gasteiger partial charge >= 0.3 is 0 Å². The highest BCUT2D eigenvalue weighted by molar-refractivity contribution is 7.89. The molecular formula is C16H13F2N3O3S. The number of nitriles is 1.